The molecule has 1 heterocycles. The van der Waals surface area contributed by atoms with Crippen molar-refractivity contribution in [3.8, 4) is 0 Å². The fraction of sp³-hybridized carbons (Fsp3) is 0.125. The number of ketones is 1. The van der Waals surface area contributed by atoms with Crippen molar-refractivity contribution in [3.05, 3.63) is 64.7 Å². The van der Waals surface area contributed by atoms with Gasteiger partial charge in [-0.25, -0.2) is 19.0 Å². The van der Waals surface area contributed by atoms with Crippen molar-refractivity contribution < 1.29 is 28.2 Å². The van der Waals surface area contributed by atoms with E-state index >= 15 is 0 Å². The number of carbonyl (C=O) groups excluding carboxylic acids is 3. The molecule has 7 heteroatoms. The Kier molecular flexibility index (Phi) is 4.80. The largest absolute Gasteiger partial charge is 0.465 e. The zero-order valence-corrected chi connectivity index (χ0v) is 12.3. The summed E-state index contributed by atoms with van der Waals surface area (Å²) in [6.45, 7) is 0. The highest BCUT2D eigenvalue weighted by Crippen LogP contribution is 2.16. The van der Waals surface area contributed by atoms with E-state index in [2.05, 4.69) is 14.5 Å². The van der Waals surface area contributed by atoms with Crippen LogP contribution >= 0.6 is 0 Å². The van der Waals surface area contributed by atoms with Gasteiger partial charge in [0.25, 0.3) is 0 Å². The summed E-state index contributed by atoms with van der Waals surface area (Å²) in [5, 5.41) is 0. The van der Waals surface area contributed by atoms with Crippen LogP contribution in [0.4, 0.5) is 4.39 Å². The van der Waals surface area contributed by atoms with E-state index < -0.39 is 23.5 Å². The Hall–Kier alpha value is -3.09. The molecule has 1 aromatic heterocycles. The van der Waals surface area contributed by atoms with Crippen LogP contribution in [-0.4, -0.2) is 36.9 Å². The Morgan fingerprint density at radius 2 is 1.57 bits per heavy atom. The molecule has 0 bridgehead atoms. The van der Waals surface area contributed by atoms with Crippen molar-refractivity contribution in [1.82, 2.24) is 4.98 Å². The van der Waals surface area contributed by atoms with Gasteiger partial charge < -0.3 is 9.47 Å². The molecular formula is C16H12FNO5. The normalized spacial score (nSPS) is 10.0. The summed E-state index contributed by atoms with van der Waals surface area (Å²) in [5.74, 6) is -2.60. The quantitative estimate of drug-likeness (QED) is 0.634. The molecule has 0 radical (unpaired) electrons. The molecule has 118 valence electrons. The number of methoxy groups -OCH3 is 2. The van der Waals surface area contributed by atoms with Crippen LogP contribution in [0, 0.1) is 5.82 Å². The smallest absolute Gasteiger partial charge is 0.357 e. The van der Waals surface area contributed by atoms with Gasteiger partial charge in [-0.2, -0.15) is 0 Å². The van der Waals surface area contributed by atoms with Crippen molar-refractivity contribution in [2.24, 2.45) is 0 Å². The lowest BCUT2D eigenvalue weighted by atomic mass is 10.0. The zero-order valence-electron chi connectivity index (χ0n) is 12.3. The maximum atomic E-state index is 12.9. The van der Waals surface area contributed by atoms with Crippen LogP contribution in [0.25, 0.3) is 0 Å². The molecule has 0 atom stereocenters. The van der Waals surface area contributed by atoms with Gasteiger partial charge in [-0.15, -0.1) is 0 Å². The first-order valence-corrected chi connectivity index (χ1v) is 6.45. The molecule has 0 fully saturated rings. The molecule has 2 aromatic rings. The van der Waals surface area contributed by atoms with Gasteiger partial charge in [-0.1, -0.05) is 0 Å². The van der Waals surface area contributed by atoms with Crippen LogP contribution in [0.15, 0.2) is 36.5 Å². The fourth-order valence-corrected chi connectivity index (χ4v) is 1.88. The third kappa shape index (κ3) is 3.39. The maximum absolute atomic E-state index is 12.9. The number of carbonyl (C=O) groups is 3. The molecule has 0 spiro atoms. The Bertz CT molecular complexity index is 771. The second kappa shape index (κ2) is 6.78. The molecule has 0 N–H and O–H groups in total. The molecule has 1 aromatic carbocycles. The second-order valence-corrected chi connectivity index (χ2v) is 4.44. The highest BCUT2D eigenvalue weighted by molar-refractivity contribution is 6.11. The van der Waals surface area contributed by atoms with E-state index in [0.717, 1.165) is 32.5 Å². The number of rotatable bonds is 4. The van der Waals surface area contributed by atoms with E-state index in [1.165, 1.54) is 18.2 Å². The van der Waals surface area contributed by atoms with E-state index in [1.54, 1.807) is 0 Å². The van der Waals surface area contributed by atoms with E-state index in [-0.39, 0.29) is 22.4 Å². The van der Waals surface area contributed by atoms with E-state index in [0.29, 0.717) is 0 Å². The van der Waals surface area contributed by atoms with Crippen LogP contribution in [0.3, 0.4) is 0 Å². The average Bonchev–Trinajstić information content (AvgIpc) is 2.59. The van der Waals surface area contributed by atoms with Crippen molar-refractivity contribution in [1.29, 1.82) is 0 Å². The number of nitrogens with zero attached hydrogens (tertiary/aromatic N) is 1. The standard InChI is InChI=1S/C16H12FNO5/c1-22-15(20)12-7-10(8-18-13(12)16(21)23-2)14(19)9-3-5-11(17)6-4-9/h3-8H,1-2H3. The predicted octanol–water partition coefficient (Wildman–Crippen LogP) is 2.02. The summed E-state index contributed by atoms with van der Waals surface area (Å²) in [7, 11) is 2.28. The maximum Gasteiger partial charge on any atom is 0.357 e. The van der Waals surface area contributed by atoms with E-state index in [4.69, 9.17) is 0 Å². The number of hydrogen-bond donors (Lipinski definition) is 0. The van der Waals surface area contributed by atoms with Crippen molar-refractivity contribution in [2.75, 3.05) is 14.2 Å². The number of hydrogen-bond acceptors (Lipinski definition) is 6. The lowest BCUT2D eigenvalue weighted by Crippen LogP contribution is -2.16. The molecular weight excluding hydrogens is 305 g/mol. The Labute approximate surface area is 130 Å². The Morgan fingerprint density at radius 3 is 2.13 bits per heavy atom. The highest BCUT2D eigenvalue weighted by atomic mass is 19.1. The molecule has 0 amide bonds. The van der Waals surface area contributed by atoms with Gasteiger partial charge in [0.2, 0.25) is 0 Å². The molecule has 6 nitrogen and oxygen atoms in total. The Morgan fingerprint density at radius 1 is 0.957 bits per heavy atom. The Balaban J connectivity index is 2.48. The molecule has 0 saturated carbocycles. The van der Waals surface area contributed by atoms with Gasteiger partial charge in [0, 0.05) is 17.3 Å². The minimum Gasteiger partial charge on any atom is -0.465 e. The number of esters is 2. The number of aromatic nitrogens is 1. The monoisotopic (exact) mass is 317 g/mol. The second-order valence-electron chi connectivity index (χ2n) is 4.44. The topological polar surface area (TPSA) is 82.6 Å². The summed E-state index contributed by atoms with van der Waals surface area (Å²) >= 11 is 0. The van der Waals surface area contributed by atoms with Gasteiger partial charge in [0.15, 0.2) is 11.5 Å². The molecule has 0 aliphatic carbocycles. The minimum atomic E-state index is -0.828. The van der Waals surface area contributed by atoms with Crippen LogP contribution in [0.1, 0.15) is 36.8 Å². The number of ether oxygens (including phenoxy) is 2. The first kappa shape index (κ1) is 16.3. The lowest BCUT2D eigenvalue weighted by Gasteiger charge is -2.08. The predicted molar refractivity (Wildman–Crippen MR) is 76.7 cm³/mol. The number of halogens is 1. The fourth-order valence-electron chi connectivity index (χ4n) is 1.88. The van der Waals surface area contributed by atoms with Crippen LogP contribution in [-0.2, 0) is 9.47 Å². The van der Waals surface area contributed by atoms with Gasteiger partial charge in [0.05, 0.1) is 19.8 Å². The summed E-state index contributed by atoms with van der Waals surface area (Å²) in [4.78, 5) is 39.6. The summed E-state index contributed by atoms with van der Waals surface area (Å²) in [6, 6.07) is 6.10. The van der Waals surface area contributed by atoms with Gasteiger partial charge in [0.1, 0.15) is 5.82 Å². The summed E-state index contributed by atoms with van der Waals surface area (Å²) < 4.78 is 22.0. The van der Waals surface area contributed by atoms with Crippen LogP contribution < -0.4 is 0 Å². The zero-order chi connectivity index (χ0) is 17.0. The SMILES string of the molecule is COC(=O)c1cc(C(=O)c2ccc(F)cc2)cnc1C(=O)OC. The van der Waals surface area contributed by atoms with Gasteiger partial charge in [-0.05, 0) is 30.3 Å². The van der Waals surface area contributed by atoms with Crippen LogP contribution in [0.5, 0.6) is 0 Å². The lowest BCUT2D eigenvalue weighted by molar-refractivity contribution is 0.0549. The molecule has 0 aliphatic heterocycles. The highest BCUT2D eigenvalue weighted by Gasteiger charge is 2.22. The summed E-state index contributed by atoms with van der Waals surface area (Å²) in [6.07, 6.45) is 1.14. The average molecular weight is 317 g/mol. The van der Waals surface area contributed by atoms with Crippen molar-refractivity contribution in [2.45, 2.75) is 0 Å². The van der Waals surface area contributed by atoms with E-state index in [1.807, 2.05) is 0 Å². The summed E-state index contributed by atoms with van der Waals surface area (Å²) in [5.41, 5.74) is -0.165. The number of pyridine rings is 1. The third-order valence-electron chi connectivity index (χ3n) is 3.04. The first-order valence-electron chi connectivity index (χ1n) is 6.45. The third-order valence-corrected chi connectivity index (χ3v) is 3.04. The molecule has 0 aliphatic rings. The van der Waals surface area contributed by atoms with Crippen molar-refractivity contribution in [3.63, 3.8) is 0 Å². The molecule has 2 rings (SSSR count). The number of benzene rings is 1. The van der Waals surface area contributed by atoms with Gasteiger partial charge in [-0.3, -0.25) is 4.79 Å². The molecule has 0 unspecified atom stereocenters. The molecule has 23 heavy (non-hydrogen) atoms. The minimum absolute atomic E-state index is 0.0599. The van der Waals surface area contributed by atoms with Gasteiger partial charge >= 0.3 is 11.9 Å². The van der Waals surface area contributed by atoms with Crippen LogP contribution in [0.2, 0.25) is 0 Å². The van der Waals surface area contributed by atoms with E-state index in [9.17, 15) is 18.8 Å². The first-order chi connectivity index (χ1) is 11.0. The molecule has 0 saturated heterocycles. The van der Waals surface area contributed by atoms with Crippen molar-refractivity contribution >= 4 is 17.7 Å².